The second kappa shape index (κ2) is 7.12. The van der Waals surface area contributed by atoms with E-state index in [2.05, 4.69) is 4.98 Å². The largest absolute Gasteiger partial charge is 0.489 e. The van der Waals surface area contributed by atoms with Gasteiger partial charge in [0.2, 0.25) is 0 Å². The van der Waals surface area contributed by atoms with E-state index in [9.17, 15) is 0 Å². The van der Waals surface area contributed by atoms with Crippen molar-refractivity contribution < 1.29 is 4.74 Å². The lowest BCUT2D eigenvalue weighted by Gasteiger charge is -2.15. The lowest BCUT2D eigenvalue weighted by molar-refractivity contribution is 0.241. The fourth-order valence-corrected chi connectivity index (χ4v) is 2.50. The van der Waals surface area contributed by atoms with E-state index in [1.807, 2.05) is 32.0 Å². The zero-order valence-electron chi connectivity index (χ0n) is 12.0. The van der Waals surface area contributed by atoms with Crippen LogP contribution < -0.4 is 10.5 Å². The van der Waals surface area contributed by atoms with E-state index in [-0.39, 0.29) is 12.1 Å². The number of halogens is 2. The first kappa shape index (κ1) is 16.1. The molecule has 1 heterocycles. The lowest BCUT2D eigenvalue weighted by atomic mass is 10.0. The molecule has 0 aliphatic rings. The Morgan fingerprint density at radius 3 is 2.62 bits per heavy atom. The Hall–Kier alpha value is -1.29. The second-order valence-corrected chi connectivity index (χ2v) is 6.01. The van der Waals surface area contributed by atoms with Gasteiger partial charge in [0.05, 0.1) is 12.3 Å². The van der Waals surface area contributed by atoms with Crippen molar-refractivity contribution in [1.82, 2.24) is 4.98 Å². The van der Waals surface area contributed by atoms with E-state index >= 15 is 0 Å². The molecule has 5 heteroatoms. The van der Waals surface area contributed by atoms with Gasteiger partial charge in [-0.05, 0) is 49.6 Å². The van der Waals surface area contributed by atoms with Gasteiger partial charge in [0.1, 0.15) is 5.75 Å². The van der Waals surface area contributed by atoms with Gasteiger partial charge < -0.3 is 10.5 Å². The first-order valence-electron chi connectivity index (χ1n) is 6.77. The Bertz CT molecular complexity index is 617. The molecule has 0 aliphatic heterocycles. The van der Waals surface area contributed by atoms with Crippen molar-refractivity contribution in [2.75, 3.05) is 0 Å². The quantitative estimate of drug-likeness (QED) is 0.885. The summed E-state index contributed by atoms with van der Waals surface area (Å²) in [6.07, 6.45) is 4.15. The maximum absolute atomic E-state index is 6.25. The van der Waals surface area contributed by atoms with Crippen LogP contribution in [0.1, 0.15) is 31.0 Å². The van der Waals surface area contributed by atoms with Crippen molar-refractivity contribution in [3.63, 3.8) is 0 Å². The fourth-order valence-electron chi connectivity index (χ4n) is 2.02. The van der Waals surface area contributed by atoms with Crippen LogP contribution in [0.5, 0.6) is 5.75 Å². The van der Waals surface area contributed by atoms with E-state index in [1.165, 1.54) is 0 Å². The number of ether oxygens (including phenoxy) is 1. The summed E-state index contributed by atoms with van der Waals surface area (Å²) in [5, 5.41) is 1.24. The number of hydrogen-bond donors (Lipinski definition) is 1. The highest BCUT2D eigenvalue weighted by Crippen LogP contribution is 2.26. The van der Waals surface area contributed by atoms with Gasteiger partial charge in [0.15, 0.2) is 0 Å². The third kappa shape index (κ3) is 4.60. The van der Waals surface area contributed by atoms with Crippen molar-refractivity contribution in [3.05, 3.63) is 57.8 Å². The third-order valence-corrected chi connectivity index (χ3v) is 3.58. The molecule has 2 N–H and O–H groups in total. The van der Waals surface area contributed by atoms with Crippen LogP contribution in [-0.4, -0.2) is 11.1 Å². The number of nitrogens with two attached hydrogens (primary N) is 1. The number of benzene rings is 1. The molecule has 112 valence electrons. The van der Waals surface area contributed by atoms with Crippen LogP contribution in [-0.2, 0) is 6.42 Å². The van der Waals surface area contributed by atoms with Gasteiger partial charge in [-0.3, -0.25) is 4.98 Å². The van der Waals surface area contributed by atoms with Gasteiger partial charge >= 0.3 is 0 Å². The minimum Gasteiger partial charge on any atom is -0.489 e. The highest BCUT2D eigenvalue weighted by atomic mass is 35.5. The molecule has 0 saturated carbocycles. The van der Waals surface area contributed by atoms with Gasteiger partial charge in [0, 0.05) is 22.3 Å². The van der Waals surface area contributed by atoms with Crippen LogP contribution in [0.15, 0.2) is 36.7 Å². The average molecular weight is 325 g/mol. The first-order chi connectivity index (χ1) is 9.95. The molecule has 0 saturated heterocycles. The topological polar surface area (TPSA) is 48.1 Å². The van der Waals surface area contributed by atoms with Crippen LogP contribution in [0.4, 0.5) is 0 Å². The summed E-state index contributed by atoms with van der Waals surface area (Å²) in [6.45, 7) is 3.94. The number of hydrogen-bond acceptors (Lipinski definition) is 3. The van der Waals surface area contributed by atoms with Crippen LogP contribution in [0.3, 0.4) is 0 Å². The summed E-state index contributed by atoms with van der Waals surface area (Å²) in [5.41, 5.74) is 8.12. The maximum Gasteiger partial charge on any atom is 0.138 e. The monoisotopic (exact) mass is 324 g/mol. The first-order valence-corrected chi connectivity index (χ1v) is 7.52. The molecule has 0 fully saturated rings. The number of rotatable bonds is 5. The normalized spacial score (nSPS) is 12.5. The highest BCUT2D eigenvalue weighted by Gasteiger charge is 2.12. The van der Waals surface area contributed by atoms with E-state index in [0.29, 0.717) is 16.5 Å². The number of pyridine rings is 1. The van der Waals surface area contributed by atoms with E-state index in [1.54, 1.807) is 18.5 Å². The minimum atomic E-state index is -0.202. The lowest BCUT2D eigenvalue weighted by Crippen LogP contribution is -2.14. The molecule has 0 amide bonds. The van der Waals surface area contributed by atoms with Crippen molar-refractivity contribution in [1.29, 1.82) is 0 Å². The summed E-state index contributed by atoms with van der Waals surface area (Å²) in [5.74, 6) is 0.722. The minimum absolute atomic E-state index is 0.101. The van der Waals surface area contributed by atoms with E-state index in [4.69, 9.17) is 33.7 Å². The molecule has 1 aromatic heterocycles. The van der Waals surface area contributed by atoms with Crippen molar-refractivity contribution in [3.8, 4) is 5.75 Å². The summed E-state index contributed by atoms with van der Waals surface area (Å²) in [4.78, 5) is 4.18. The fraction of sp³-hybridized carbons (Fsp3) is 0.312. The highest BCUT2D eigenvalue weighted by molar-refractivity contribution is 6.35. The molecule has 0 aliphatic carbocycles. The molecular weight excluding hydrogens is 307 g/mol. The van der Waals surface area contributed by atoms with Crippen molar-refractivity contribution >= 4 is 23.2 Å². The Morgan fingerprint density at radius 2 is 1.95 bits per heavy atom. The SMILES string of the molecule is CC(C)Oc1cncc(C(N)Cc2ccc(Cl)cc2Cl)c1. The Labute approximate surface area is 135 Å². The Balaban J connectivity index is 2.14. The molecule has 2 aromatic rings. The Kier molecular flexibility index (Phi) is 5.45. The van der Waals surface area contributed by atoms with Crippen LogP contribution >= 0.6 is 23.2 Å². The molecular formula is C16H18Cl2N2O. The molecule has 1 unspecified atom stereocenters. The molecule has 1 aromatic carbocycles. The van der Waals surface area contributed by atoms with Crippen molar-refractivity contribution in [2.45, 2.75) is 32.4 Å². The molecule has 0 bridgehead atoms. The van der Waals surface area contributed by atoms with Crippen LogP contribution in [0.2, 0.25) is 10.0 Å². The molecule has 0 radical (unpaired) electrons. The third-order valence-electron chi connectivity index (χ3n) is 2.99. The number of aromatic nitrogens is 1. The summed E-state index contributed by atoms with van der Waals surface area (Å²) >= 11 is 12.1. The summed E-state index contributed by atoms with van der Waals surface area (Å²) < 4.78 is 5.63. The standard InChI is InChI=1S/C16H18Cl2N2O/c1-10(2)21-14-5-12(8-20-9-14)16(19)6-11-3-4-13(17)7-15(11)18/h3-5,7-10,16H,6,19H2,1-2H3. The summed E-state index contributed by atoms with van der Waals surface area (Å²) in [6, 6.07) is 7.15. The summed E-state index contributed by atoms with van der Waals surface area (Å²) in [7, 11) is 0. The molecule has 1 atom stereocenters. The second-order valence-electron chi connectivity index (χ2n) is 5.17. The number of nitrogens with zero attached hydrogens (tertiary/aromatic N) is 1. The predicted molar refractivity (Wildman–Crippen MR) is 87.1 cm³/mol. The van der Waals surface area contributed by atoms with E-state index in [0.717, 1.165) is 16.9 Å². The zero-order chi connectivity index (χ0) is 15.4. The van der Waals surface area contributed by atoms with Gasteiger partial charge in [-0.25, -0.2) is 0 Å². The molecule has 2 rings (SSSR count). The van der Waals surface area contributed by atoms with Crippen molar-refractivity contribution in [2.24, 2.45) is 5.73 Å². The van der Waals surface area contributed by atoms with Crippen LogP contribution in [0, 0.1) is 0 Å². The van der Waals surface area contributed by atoms with Gasteiger partial charge in [-0.15, -0.1) is 0 Å². The van der Waals surface area contributed by atoms with Gasteiger partial charge in [-0.1, -0.05) is 29.3 Å². The molecule has 3 nitrogen and oxygen atoms in total. The zero-order valence-corrected chi connectivity index (χ0v) is 13.5. The smallest absolute Gasteiger partial charge is 0.138 e. The van der Waals surface area contributed by atoms with Crippen LogP contribution in [0.25, 0.3) is 0 Å². The van der Waals surface area contributed by atoms with Gasteiger partial charge in [-0.2, -0.15) is 0 Å². The average Bonchev–Trinajstić information content (AvgIpc) is 2.41. The van der Waals surface area contributed by atoms with E-state index < -0.39 is 0 Å². The Morgan fingerprint density at radius 1 is 1.19 bits per heavy atom. The predicted octanol–water partition coefficient (Wildman–Crippen LogP) is 4.42. The van der Waals surface area contributed by atoms with Gasteiger partial charge in [0.25, 0.3) is 0 Å². The molecule has 0 spiro atoms. The molecule has 21 heavy (non-hydrogen) atoms. The maximum atomic E-state index is 6.25.